The highest BCUT2D eigenvalue weighted by Gasteiger charge is 2.26. The maximum Gasteiger partial charge on any atom is 0.253 e. The lowest BCUT2D eigenvalue weighted by molar-refractivity contribution is 0.256. The highest BCUT2D eigenvalue weighted by Crippen LogP contribution is 2.28. The number of likely N-dealkylation sites (tertiary alicyclic amines) is 1. The van der Waals surface area contributed by atoms with Crippen LogP contribution in [0.1, 0.15) is 30.2 Å². The molecule has 0 spiro atoms. The van der Waals surface area contributed by atoms with Gasteiger partial charge in [-0.3, -0.25) is 14.5 Å². The molecule has 3 aromatic rings. The van der Waals surface area contributed by atoms with E-state index >= 15 is 0 Å². The van der Waals surface area contributed by atoms with E-state index in [-0.39, 0.29) is 6.04 Å². The number of benzene rings is 1. The van der Waals surface area contributed by atoms with Crippen LogP contribution in [0.3, 0.4) is 0 Å². The van der Waals surface area contributed by atoms with Crippen LogP contribution in [0.25, 0.3) is 0 Å². The third kappa shape index (κ3) is 4.05. The second-order valence-electron chi connectivity index (χ2n) is 7.25. The van der Waals surface area contributed by atoms with Gasteiger partial charge in [0.1, 0.15) is 22.9 Å². The van der Waals surface area contributed by atoms with Crippen LogP contribution >= 0.6 is 0 Å². The van der Waals surface area contributed by atoms with Crippen molar-refractivity contribution in [2.24, 2.45) is 0 Å². The van der Waals surface area contributed by atoms with Crippen molar-refractivity contribution >= 4 is 11.4 Å². The summed E-state index contributed by atoms with van der Waals surface area (Å²) in [5, 5.41) is 6.25. The first-order valence-corrected chi connectivity index (χ1v) is 9.89. The van der Waals surface area contributed by atoms with Crippen molar-refractivity contribution in [1.82, 2.24) is 4.90 Å². The van der Waals surface area contributed by atoms with Crippen LogP contribution in [0.5, 0.6) is 5.75 Å². The Morgan fingerprint density at radius 2 is 1.72 bits per heavy atom. The van der Waals surface area contributed by atoms with E-state index in [1.54, 1.807) is 19.4 Å². The lowest BCUT2D eigenvalue weighted by Crippen LogP contribution is -2.39. The first kappa shape index (κ1) is 19.3. The number of nitrogens with zero attached hydrogens (tertiary/aromatic N) is 1. The van der Waals surface area contributed by atoms with Gasteiger partial charge in [0.25, 0.3) is 10.9 Å². The van der Waals surface area contributed by atoms with Crippen LogP contribution in [0.15, 0.2) is 56.7 Å². The second kappa shape index (κ2) is 8.53. The van der Waals surface area contributed by atoms with Gasteiger partial charge in [0, 0.05) is 6.54 Å². The molecule has 1 saturated heterocycles. The van der Waals surface area contributed by atoms with E-state index in [9.17, 15) is 9.59 Å². The fourth-order valence-corrected chi connectivity index (χ4v) is 3.85. The summed E-state index contributed by atoms with van der Waals surface area (Å²) >= 11 is 0. The molecule has 1 fully saturated rings. The van der Waals surface area contributed by atoms with Crippen LogP contribution in [-0.4, -0.2) is 31.6 Å². The third-order valence-corrected chi connectivity index (χ3v) is 5.48. The van der Waals surface area contributed by atoms with Gasteiger partial charge in [-0.1, -0.05) is 12.1 Å². The van der Waals surface area contributed by atoms with Gasteiger partial charge < -0.3 is 19.8 Å². The summed E-state index contributed by atoms with van der Waals surface area (Å²) in [5.41, 5.74) is 0.896. The summed E-state index contributed by atoms with van der Waals surface area (Å²) in [6, 6.07) is 11.7. The molecule has 2 heterocycles. The summed E-state index contributed by atoms with van der Waals surface area (Å²) in [7, 11) is 1.65. The standard InChI is InChI=1S/C22H25N3O4/c1-28-16-8-6-15(7-9-16)18(25-10-2-3-11-25)14-24-20-19(21(26)22(20)27)23-13-17-5-4-12-29-17/h4-9,12,18,23-24H,2-3,10-11,13-14H2,1H3/t18-/m1/s1. The SMILES string of the molecule is COc1ccc([C@@H](CNc2c(NCc3ccco3)c(=O)c2=O)N2CCCC2)cc1. The summed E-state index contributed by atoms with van der Waals surface area (Å²) in [5.74, 6) is 1.52. The van der Waals surface area contributed by atoms with Crippen molar-refractivity contribution in [1.29, 1.82) is 0 Å². The fourth-order valence-electron chi connectivity index (χ4n) is 3.85. The fraction of sp³-hybridized carbons (Fsp3) is 0.364. The number of anilines is 2. The zero-order chi connectivity index (χ0) is 20.2. The summed E-state index contributed by atoms with van der Waals surface area (Å²) in [6.45, 7) is 2.95. The molecule has 2 N–H and O–H groups in total. The van der Waals surface area contributed by atoms with Gasteiger partial charge in [-0.05, 0) is 55.8 Å². The van der Waals surface area contributed by atoms with Crippen molar-refractivity contribution in [2.45, 2.75) is 25.4 Å². The van der Waals surface area contributed by atoms with E-state index in [1.807, 2.05) is 18.2 Å². The number of nitrogens with one attached hydrogen (secondary N) is 2. The molecular weight excluding hydrogens is 370 g/mol. The van der Waals surface area contributed by atoms with Gasteiger partial charge in [0.05, 0.1) is 26.0 Å². The van der Waals surface area contributed by atoms with Crippen LogP contribution in [0.4, 0.5) is 11.4 Å². The van der Waals surface area contributed by atoms with Crippen molar-refractivity contribution < 1.29 is 9.15 Å². The molecule has 0 radical (unpaired) electrons. The maximum atomic E-state index is 12.1. The van der Waals surface area contributed by atoms with Crippen molar-refractivity contribution in [3.05, 3.63) is 74.4 Å². The second-order valence-corrected chi connectivity index (χ2v) is 7.25. The molecule has 29 heavy (non-hydrogen) atoms. The predicted molar refractivity (Wildman–Crippen MR) is 112 cm³/mol. The monoisotopic (exact) mass is 395 g/mol. The first-order chi connectivity index (χ1) is 14.2. The molecule has 1 aromatic heterocycles. The van der Waals surface area contributed by atoms with Crippen molar-refractivity contribution in [3.8, 4) is 5.75 Å². The van der Waals surface area contributed by atoms with Crippen LogP contribution in [0.2, 0.25) is 0 Å². The maximum absolute atomic E-state index is 12.1. The number of hydrogen-bond acceptors (Lipinski definition) is 7. The topological polar surface area (TPSA) is 83.8 Å². The molecule has 0 bridgehead atoms. The molecule has 1 aliphatic rings. The van der Waals surface area contributed by atoms with Crippen LogP contribution in [-0.2, 0) is 6.54 Å². The summed E-state index contributed by atoms with van der Waals surface area (Å²) < 4.78 is 10.5. The summed E-state index contributed by atoms with van der Waals surface area (Å²) in [4.78, 5) is 26.5. The molecule has 0 amide bonds. The number of ether oxygens (including phenoxy) is 1. The molecule has 0 aliphatic carbocycles. The number of methoxy groups -OCH3 is 1. The first-order valence-electron chi connectivity index (χ1n) is 9.89. The number of furan rings is 1. The van der Waals surface area contributed by atoms with E-state index in [4.69, 9.17) is 9.15 Å². The smallest absolute Gasteiger partial charge is 0.253 e. The Labute approximate surface area is 169 Å². The Hall–Kier alpha value is -3.06. The molecule has 0 saturated carbocycles. The van der Waals surface area contributed by atoms with Crippen LogP contribution in [0, 0.1) is 0 Å². The van der Waals surface area contributed by atoms with Crippen LogP contribution < -0.4 is 26.2 Å². The molecule has 2 aromatic carbocycles. The number of hydrogen-bond donors (Lipinski definition) is 2. The van der Waals surface area contributed by atoms with Crippen molar-refractivity contribution in [3.63, 3.8) is 0 Å². The van der Waals surface area contributed by atoms with Gasteiger partial charge >= 0.3 is 0 Å². The normalized spacial score (nSPS) is 15.5. The quantitative estimate of drug-likeness (QED) is 0.539. The highest BCUT2D eigenvalue weighted by atomic mass is 16.5. The zero-order valence-corrected chi connectivity index (χ0v) is 16.4. The zero-order valence-electron chi connectivity index (χ0n) is 16.4. The lowest BCUT2D eigenvalue weighted by Gasteiger charge is -2.29. The van der Waals surface area contributed by atoms with Gasteiger partial charge in [0.15, 0.2) is 0 Å². The Kier molecular flexibility index (Phi) is 5.67. The summed E-state index contributed by atoms with van der Waals surface area (Å²) in [6.07, 6.45) is 3.92. The average molecular weight is 395 g/mol. The molecule has 7 heteroatoms. The number of rotatable bonds is 9. The van der Waals surface area contributed by atoms with E-state index in [1.165, 1.54) is 12.8 Å². The molecule has 0 unspecified atom stereocenters. The third-order valence-electron chi connectivity index (χ3n) is 5.48. The van der Waals surface area contributed by atoms with Gasteiger partial charge in [-0.25, -0.2) is 0 Å². The molecule has 1 atom stereocenters. The Morgan fingerprint density at radius 1 is 1.03 bits per heavy atom. The molecule has 4 rings (SSSR count). The van der Waals surface area contributed by atoms with E-state index in [0.717, 1.165) is 24.4 Å². The Balaban J connectivity index is 1.48. The molecular formula is C22H25N3O4. The minimum absolute atomic E-state index is 0.116. The van der Waals surface area contributed by atoms with Crippen molar-refractivity contribution in [2.75, 3.05) is 37.4 Å². The Morgan fingerprint density at radius 3 is 2.34 bits per heavy atom. The molecule has 7 nitrogen and oxygen atoms in total. The minimum Gasteiger partial charge on any atom is -0.497 e. The lowest BCUT2D eigenvalue weighted by atomic mass is 10.0. The molecule has 1 aliphatic heterocycles. The van der Waals surface area contributed by atoms with E-state index in [2.05, 4.69) is 27.7 Å². The molecule has 152 valence electrons. The highest BCUT2D eigenvalue weighted by molar-refractivity contribution is 5.74. The van der Waals surface area contributed by atoms with Gasteiger partial charge in [-0.2, -0.15) is 0 Å². The van der Waals surface area contributed by atoms with E-state index < -0.39 is 10.9 Å². The van der Waals surface area contributed by atoms with E-state index in [0.29, 0.717) is 30.2 Å². The Bertz CT molecular complexity index is 998. The largest absolute Gasteiger partial charge is 0.497 e. The predicted octanol–water partition coefficient (Wildman–Crippen LogP) is 2.75. The average Bonchev–Trinajstić information content (AvgIpc) is 3.47. The minimum atomic E-state index is -0.485. The van der Waals surface area contributed by atoms with Gasteiger partial charge in [0.2, 0.25) is 0 Å². The van der Waals surface area contributed by atoms with Gasteiger partial charge in [-0.15, -0.1) is 0 Å².